The SMILES string of the molecule is CN1CC(=O)NN=C1c1ccc(-n2ccc(=O)cc2)cc1. The van der Waals surface area contributed by atoms with Crippen LogP contribution in [0.15, 0.2) is 58.7 Å². The minimum Gasteiger partial charge on any atom is -0.348 e. The molecule has 0 saturated carbocycles. The fraction of sp³-hybridized carbons (Fsp3) is 0.133. The summed E-state index contributed by atoms with van der Waals surface area (Å²) in [4.78, 5) is 24.1. The van der Waals surface area contributed by atoms with Gasteiger partial charge in [-0.15, -0.1) is 0 Å². The van der Waals surface area contributed by atoms with Crippen LogP contribution in [-0.4, -0.2) is 34.8 Å². The molecule has 106 valence electrons. The van der Waals surface area contributed by atoms with E-state index in [4.69, 9.17) is 0 Å². The van der Waals surface area contributed by atoms with Crippen LogP contribution in [0.2, 0.25) is 0 Å². The summed E-state index contributed by atoms with van der Waals surface area (Å²) < 4.78 is 1.86. The third-order valence-corrected chi connectivity index (χ3v) is 3.25. The lowest BCUT2D eigenvalue weighted by Gasteiger charge is -2.24. The summed E-state index contributed by atoms with van der Waals surface area (Å²) in [5.41, 5.74) is 4.33. The van der Waals surface area contributed by atoms with Crippen molar-refractivity contribution in [2.75, 3.05) is 13.6 Å². The quantitative estimate of drug-likeness (QED) is 0.875. The normalized spacial score (nSPS) is 14.6. The maximum atomic E-state index is 11.2. The van der Waals surface area contributed by atoms with Crippen molar-refractivity contribution in [1.82, 2.24) is 14.9 Å². The number of aromatic nitrogens is 1. The zero-order valence-electron chi connectivity index (χ0n) is 11.5. The Morgan fingerprint density at radius 2 is 1.71 bits per heavy atom. The number of carbonyl (C=O) groups excluding carboxylic acids is 1. The highest BCUT2D eigenvalue weighted by atomic mass is 16.2. The van der Waals surface area contributed by atoms with Crippen LogP contribution >= 0.6 is 0 Å². The number of hydrazone groups is 1. The Kier molecular flexibility index (Phi) is 3.27. The topological polar surface area (TPSA) is 66.7 Å². The van der Waals surface area contributed by atoms with Gasteiger partial charge in [-0.05, 0) is 24.3 Å². The molecule has 0 aliphatic carbocycles. The number of nitrogens with zero attached hydrogens (tertiary/aromatic N) is 3. The van der Waals surface area contributed by atoms with E-state index in [0.717, 1.165) is 17.1 Å². The summed E-state index contributed by atoms with van der Waals surface area (Å²) in [5, 5.41) is 4.07. The average Bonchev–Trinajstić information content (AvgIpc) is 2.48. The molecule has 21 heavy (non-hydrogen) atoms. The zero-order valence-corrected chi connectivity index (χ0v) is 11.5. The number of carbonyl (C=O) groups is 1. The maximum absolute atomic E-state index is 11.2. The first-order valence-corrected chi connectivity index (χ1v) is 6.50. The number of amides is 1. The minimum absolute atomic E-state index is 0.0169. The smallest absolute Gasteiger partial charge is 0.259 e. The Labute approximate surface area is 121 Å². The molecule has 0 fully saturated rings. The van der Waals surface area contributed by atoms with E-state index in [1.165, 1.54) is 12.1 Å². The summed E-state index contributed by atoms with van der Waals surface area (Å²) in [6, 6.07) is 10.8. The first-order chi connectivity index (χ1) is 10.1. The van der Waals surface area contributed by atoms with E-state index in [1.54, 1.807) is 17.3 Å². The van der Waals surface area contributed by atoms with Gasteiger partial charge in [0, 0.05) is 42.8 Å². The molecule has 3 rings (SSSR count). The number of hydrogen-bond acceptors (Lipinski definition) is 4. The van der Waals surface area contributed by atoms with Gasteiger partial charge in [-0.3, -0.25) is 9.59 Å². The highest BCUT2D eigenvalue weighted by Gasteiger charge is 2.18. The Balaban J connectivity index is 1.89. The molecule has 1 amide bonds. The third kappa shape index (κ3) is 2.69. The van der Waals surface area contributed by atoms with Gasteiger partial charge in [0.05, 0.1) is 6.54 Å². The molecule has 1 aliphatic heterocycles. The van der Waals surface area contributed by atoms with E-state index in [-0.39, 0.29) is 11.3 Å². The summed E-state index contributed by atoms with van der Waals surface area (Å²) in [6.45, 7) is 0.292. The standard InChI is InChI=1S/C15H14N4O2/c1-18-10-14(21)16-17-15(18)11-2-4-12(5-3-11)19-8-6-13(20)7-9-19/h2-9H,10H2,1H3,(H,16,21). The maximum Gasteiger partial charge on any atom is 0.259 e. The van der Waals surface area contributed by atoms with Gasteiger partial charge in [0.1, 0.15) is 0 Å². The molecule has 0 radical (unpaired) electrons. The van der Waals surface area contributed by atoms with Gasteiger partial charge in [0.25, 0.3) is 5.91 Å². The lowest BCUT2D eigenvalue weighted by atomic mass is 10.1. The third-order valence-electron chi connectivity index (χ3n) is 3.25. The summed E-state index contributed by atoms with van der Waals surface area (Å²) >= 11 is 0. The molecule has 0 unspecified atom stereocenters. The van der Waals surface area contributed by atoms with E-state index in [0.29, 0.717) is 6.54 Å². The van der Waals surface area contributed by atoms with Gasteiger partial charge in [-0.25, -0.2) is 5.43 Å². The van der Waals surface area contributed by atoms with Crippen LogP contribution in [0.3, 0.4) is 0 Å². The minimum atomic E-state index is -0.119. The number of likely N-dealkylation sites (N-methyl/N-ethyl adjacent to an activating group) is 1. The highest BCUT2D eigenvalue weighted by molar-refractivity contribution is 6.02. The lowest BCUT2D eigenvalue weighted by Crippen LogP contribution is -2.43. The molecule has 2 heterocycles. The fourth-order valence-corrected chi connectivity index (χ4v) is 2.18. The number of pyridine rings is 1. The number of amidine groups is 1. The van der Waals surface area contributed by atoms with Gasteiger partial charge >= 0.3 is 0 Å². The first-order valence-electron chi connectivity index (χ1n) is 6.50. The van der Waals surface area contributed by atoms with Crippen molar-refractivity contribution in [3.63, 3.8) is 0 Å². The number of nitrogens with one attached hydrogen (secondary N) is 1. The van der Waals surface area contributed by atoms with E-state index >= 15 is 0 Å². The van der Waals surface area contributed by atoms with Crippen LogP contribution in [0.5, 0.6) is 0 Å². The van der Waals surface area contributed by atoms with Crippen molar-refractivity contribution >= 4 is 11.7 Å². The van der Waals surface area contributed by atoms with Crippen LogP contribution in [-0.2, 0) is 4.79 Å². The van der Waals surface area contributed by atoms with Crippen LogP contribution in [0, 0.1) is 0 Å². The van der Waals surface area contributed by atoms with Crippen LogP contribution in [0.25, 0.3) is 5.69 Å². The number of rotatable bonds is 2. The molecule has 2 aromatic rings. The highest BCUT2D eigenvalue weighted by Crippen LogP contribution is 2.12. The van der Waals surface area contributed by atoms with Crippen molar-refractivity contribution in [3.05, 3.63) is 64.6 Å². The molecule has 0 atom stereocenters. The second-order valence-corrected chi connectivity index (χ2v) is 4.81. The molecular weight excluding hydrogens is 268 g/mol. The Bertz CT molecular complexity index is 741. The predicted molar refractivity (Wildman–Crippen MR) is 79.3 cm³/mol. The van der Waals surface area contributed by atoms with Crippen molar-refractivity contribution in [3.8, 4) is 5.69 Å². The van der Waals surface area contributed by atoms with E-state index < -0.39 is 0 Å². The predicted octanol–water partition coefficient (Wildman–Crippen LogP) is 0.561. The molecule has 1 aromatic carbocycles. The second-order valence-electron chi connectivity index (χ2n) is 4.81. The van der Waals surface area contributed by atoms with E-state index in [2.05, 4.69) is 10.5 Å². The van der Waals surface area contributed by atoms with Crippen molar-refractivity contribution in [2.24, 2.45) is 5.10 Å². The van der Waals surface area contributed by atoms with E-state index in [9.17, 15) is 9.59 Å². The summed E-state index contributed by atoms with van der Waals surface area (Å²) in [6.07, 6.45) is 3.45. The van der Waals surface area contributed by atoms with Crippen molar-refractivity contribution in [1.29, 1.82) is 0 Å². The Morgan fingerprint density at radius 3 is 2.33 bits per heavy atom. The molecule has 6 heteroatoms. The van der Waals surface area contributed by atoms with Gasteiger partial charge in [-0.1, -0.05) is 0 Å². The van der Waals surface area contributed by atoms with Crippen LogP contribution in [0.4, 0.5) is 0 Å². The Hall–Kier alpha value is -2.89. The summed E-state index contributed by atoms with van der Waals surface area (Å²) in [5.74, 6) is 0.604. The first kappa shape index (κ1) is 13.1. The molecule has 0 bridgehead atoms. The average molecular weight is 282 g/mol. The van der Waals surface area contributed by atoms with Gasteiger partial charge < -0.3 is 9.47 Å². The van der Waals surface area contributed by atoms with Gasteiger partial charge in [0.15, 0.2) is 11.3 Å². The van der Waals surface area contributed by atoms with Gasteiger partial charge in [-0.2, -0.15) is 5.10 Å². The number of hydrogen-bond donors (Lipinski definition) is 1. The zero-order chi connectivity index (χ0) is 14.8. The van der Waals surface area contributed by atoms with Crippen LogP contribution in [0.1, 0.15) is 5.56 Å². The molecule has 0 spiro atoms. The van der Waals surface area contributed by atoms with Gasteiger partial charge in [0.2, 0.25) is 0 Å². The Morgan fingerprint density at radius 1 is 1.05 bits per heavy atom. The molecule has 0 saturated heterocycles. The van der Waals surface area contributed by atoms with Crippen molar-refractivity contribution in [2.45, 2.75) is 0 Å². The monoisotopic (exact) mass is 282 g/mol. The van der Waals surface area contributed by atoms with Crippen LogP contribution < -0.4 is 10.9 Å². The lowest BCUT2D eigenvalue weighted by molar-refractivity contribution is -0.121. The molecule has 1 aliphatic rings. The van der Waals surface area contributed by atoms with Crippen molar-refractivity contribution < 1.29 is 4.79 Å². The van der Waals surface area contributed by atoms with E-state index in [1.807, 2.05) is 35.9 Å². The largest absolute Gasteiger partial charge is 0.348 e. The second kappa shape index (κ2) is 5.24. The molecule has 1 aromatic heterocycles. The molecule has 1 N–H and O–H groups in total. The number of benzene rings is 1. The molecular formula is C15H14N4O2. The molecule has 6 nitrogen and oxygen atoms in total. The summed E-state index contributed by atoms with van der Waals surface area (Å²) in [7, 11) is 1.83. The fourth-order valence-electron chi connectivity index (χ4n) is 2.18.